The fourth-order valence-corrected chi connectivity index (χ4v) is 2.91. The molecule has 2 aromatic rings. The van der Waals surface area contributed by atoms with E-state index in [1.54, 1.807) is 18.4 Å². The highest BCUT2D eigenvalue weighted by Crippen LogP contribution is 2.30. The Morgan fingerprint density at radius 2 is 2.32 bits per heavy atom. The summed E-state index contributed by atoms with van der Waals surface area (Å²) >= 11 is 7.52. The average Bonchev–Trinajstić information content (AvgIpc) is 2.79. The molecule has 0 aliphatic heterocycles. The van der Waals surface area contributed by atoms with E-state index in [0.717, 1.165) is 16.6 Å². The molecule has 0 aliphatic rings. The molecule has 2 heterocycles. The molecule has 1 unspecified atom stereocenters. The van der Waals surface area contributed by atoms with Crippen LogP contribution in [-0.2, 0) is 11.2 Å². The quantitative estimate of drug-likeness (QED) is 0.802. The Kier molecular flexibility index (Phi) is 4.93. The molecule has 2 aromatic heterocycles. The highest BCUT2D eigenvalue weighted by Gasteiger charge is 2.11. The number of rotatable bonds is 6. The molecule has 1 atom stereocenters. The number of nitrogens with one attached hydrogen (secondary N) is 1. The van der Waals surface area contributed by atoms with Gasteiger partial charge in [-0.05, 0) is 24.1 Å². The summed E-state index contributed by atoms with van der Waals surface area (Å²) in [6, 6.07) is 2.06. The van der Waals surface area contributed by atoms with E-state index < -0.39 is 6.10 Å². The molecule has 7 heteroatoms. The lowest BCUT2D eigenvalue weighted by molar-refractivity contribution is 0.0727. The third kappa shape index (κ3) is 3.54. The summed E-state index contributed by atoms with van der Waals surface area (Å²) < 4.78 is 4.88. The topological polar surface area (TPSA) is 67.3 Å². The molecule has 0 aromatic carbocycles. The van der Waals surface area contributed by atoms with Crippen LogP contribution in [0.3, 0.4) is 0 Å². The number of ether oxygens (including phenoxy) is 1. The molecule has 0 saturated carbocycles. The van der Waals surface area contributed by atoms with Gasteiger partial charge >= 0.3 is 0 Å². The van der Waals surface area contributed by atoms with Gasteiger partial charge in [0.25, 0.3) is 0 Å². The summed E-state index contributed by atoms with van der Waals surface area (Å²) in [7, 11) is 1.55. The van der Waals surface area contributed by atoms with Crippen LogP contribution in [0.5, 0.6) is 0 Å². The molecular formula is C12H16ClN3O2S. The van der Waals surface area contributed by atoms with Gasteiger partial charge in [0.05, 0.1) is 18.1 Å². The van der Waals surface area contributed by atoms with Crippen LogP contribution in [0.1, 0.15) is 11.8 Å². The summed E-state index contributed by atoms with van der Waals surface area (Å²) in [5.74, 6) is 0.654. The Balaban J connectivity index is 2.23. The summed E-state index contributed by atoms with van der Waals surface area (Å²) in [5, 5.41) is 13.9. The minimum atomic E-state index is -0.585. The predicted octanol–water partition coefficient (Wildman–Crippen LogP) is 2.33. The van der Waals surface area contributed by atoms with Crippen molar-refractivity contribution in [3.05, 3.63) is 16.2 Å². The molecule has 0 spiro atoms. The zero-order valence-electron chi connectivity index (χ0n) is 10.8. The number of aromatic nitrogens is 2. The van der Waals surface area contributed by atoms with E-state index in [4.69, 9.17) is 16.3 Å². The van der Waals surface area contributed by atoms with Gasteiger partial charge in [0.15, 0.2) is 0 Å². The first-order chi connectivity index (χ1) is 9.13. The maximum absolute atomic E-state index is 9.64. The third-order valence-corrected chi connectivity index (χ3v) is 3.97. The number of aryl methyl sites for hydroxylation is 1. The van der Waals surface area contributed by atoms with Crippen LogP contribution < -0.4 is 5.32 Å². The van der Waals surface area contributed by atoms with E-state index in [1.165, 1.54) is 4.88 Å². The summed E-state index contributed by atoms with van der Waals surface area (Å²) in [4.78, 5) is 10.5. The summed E-state index contributed by atoms with van der Waals surface area (Å²) in [6.45, 7) is 2.72. The van der Waals surface area contributed by atoms with Gasteiger partial charge in [0.1, 0.15) is 10.6 Å². The Morgan fingerprint density at radius 1 is 1.53 bits per heavy atom. The maximum atomic E-state index is 9.64. The Morgan fingerprint density at radius 3 is 3.00 bits per heavy atom. The zero-order chi connectivity index (χ0) is 13.8. The van der Waals surface area contributed by atoms with Gasteiger partial charge in [-0.1, -0.05) is 6.92 Å². The smallest absolute Gasteiger partial charge is 0.225 e. The van der Waals surface area contributed by atoms with Crippen LogP contribution in [-0.4, -0.2) is 41.4 Å². The van der Waals surface area contributed by atoms with Gasteiger partial charge in [0.2, 0.25) is 5.28 Å². The van der Waals surface area contributed by atoms with Crippen LogP contribution in [0, 0.1) is 0 Å². The number of aliphatic hydroxyl groups is 1. The van der Waals surface area contributed by atoms with Crippen molar-refractivity contribution in [2.24, 2.45) is 0 Å². The lowest BCUT2D eigenvalue weighted by atomic mass is 10.3. The van der Waals surface area contributed by atoms with Gasteiger partial charge in [-0.15, -0.1) is 11.3 Å². The minimum Gasteiger partial charge on any atom is -0.389 e. The zero-order valence-corrected chi connectivity index (χ0v) is 12.4. The molecule has 0 saturated heterocycles. The van der Waals surface area contributed by atoms with Gasteiger partial charge < -0.3 is 15.2 Å². The standard InChI is InChI=1S/C12H16ClN3O2S/c1-3-8-4-9-10(14-5-7(17)6-18-2)15-12(13)16-11(9)19-8/h4,7,17H,3,5-6H2,1-2H3,(H,14,15,16). The number of methoxy groups -OCH3 is 1. The van der Waals surface area contributed by atoms with E-state index >= 15 is 0 Å². The van der Waals surface area contributed by atoms with Crippen molar-refractivity contribution in [2.75, 3.05) is 25.6 Å². The van der Waals surface area contributed by atoms with E-state index in [9.17, 15) is 5.11 Å². The molecule has 19 heavy (non-hydrogen) atoms. The largest absolute Gasteiger partial charge is 0.389 e. The van der Waals surface area contributed by atoms with Crippen LogP contribution >= 0.6 is 22.9 Å². The van der Waals surface area contributed by atoms with Gasteiger partial charge in [0, 0.05) is 18.5 Å². The molecule has 0 fully saturated rings. The second kappa shape index (κ2) is 6.47. The van der Waals surface area contributed by atoms with E-state index in [2.05, 4.69) is 28.3 Å². The van der Waals surface area contributed by atoms with Crippen LogP contribution in [0.2, 0.25) is 5.28 Å². The second-order valence-electron chi connectivity index (χ2n) is 4.12. The number of nitrogens with zero attached hydrogens (tertiary/aromatic N) is 2. The lowest BCUT2D eigenvalue weighted by Gasteiger charge is -2.11. The van der Waals surface area contributed by atoms with Gasteiger partial charge in [-0.3, -0.25) is 0 Å². The Bertz CT molecular complexity index is 561. The lowest BCUT2D eigenvalue weighted by Crippen LogP contribution is -2.24. The molecule has 0 aliphatic carbocycles. The molecule has 104 valence electrons. The number of hydrogen-bond donors (Lipinski definition) is 2. The summed E-state index contributed by atoms with van der Waals surface area (Å²) in [6.07, 6.45) is 0.364. The monoisotopic (exact) mass is 301 g/mol. The van der Waals surface area contributed by atoms with Gasteiger partial charge in [-0.2, -0.15) is 0 Å². The van der Waals surface area contributed by atoms with Crippen molar-refractivity contribution in [3.8, 4) is 0 Å². The van der Waals surface area contributed by atoms with Crippen molar-refractivity contribution in [3.63, 3.8) is 0 Å². The van der Waals surface area contributed by atoms with Crippen LogP contribution in [0.4, 0.5) is 5.82 Å². The van der Waals surface area contributed by atoms with E-state index in [-0.39, 0.29) is 11.9 Å². The van der Waals surface area contributed by atoms with Crippen molar-refractivity contribution >= 4 is 39.0 Å². The van der Waals surface area contributed by atoms with Crippen LogP contribution in [0.15, 0.2) is 6.07 Å². The molecule has 2 rings (SSSR count). The van der Waals surface area contributed by atoms with Crippen molar-refractivity contribution < 1.29 is 9.84 Å². The summed E-state index contributed by atoms with van der Waals surface area (Å²) in [5.41, 5.74) is 0. The van der Waals surface area contributed by atoms with E-state index in [0.29, 0.717) is 12.4 Å². The van der Waals surface area contributed by atoms with E-state index in [1.807, 2.05) is 0 Å². The number of anilines is 1. The molecular weight excluding hydrogens is 286 g/mol. The first kappa shape index (κ1) is 14.5. The molecule has 2 N–H and O–H groups in total. The normalized spacial score (nSPS) is 12.8. The Labute approximate surface area is 120 Å². The number of aliphatic hydroxyl groups excluding tert-OH is 1. The van der Waals surface area contributed by atoms with Gasteiger partial charge in [-0.25, -0.2) is 9.97 Å². The first-order valence-electron chi connectivity index (χ1n) is 6.00. The van der Waals surface area contributed by atoms with Crippen molar-refractivity contribution in [1.29, 1.82) is 0 Å². The number of halogens is 1. The maximum Gasteiger partial charge on any atom is 0.225 e. The molecule has 0 radical (unpaired) electrons. The number of thiophene rings is 1. The Hall–Kier alpha value is -0.950. The first-order valence-corrected chi connectivity index (χ1v) is 7.20. The number of hydrogen-bond acceptors (Lipinski definition) is 6. The van der Waals surface area contributed by atoms with Crippen molar-refractivity contribution in [1.82, 2.24) is 9.97 Å². The van der Waals surface area contributed by atoms with Crippen molar-refractivity contribution in [2.45, 2.75) is 19.4 Å². The average molecular weight is 302 g/mol. The SMILES string of the molecule is CCc1cc2c(NCC(O)COC)nc(Cl)nc2s1. The highest BCUT2D eigenvalue weighted by atomic mass is 35.5. The molecule has 5 nitrogen and oxygen atoms in total. The predicted molar refractivity (Wildman–Crippen MR) is 78.2 cm³/mol. The molecule has 0 bridgehead atoms. The van der Waals surface area contributed by atoms with Crippen LogP contribution in [0.25, 0.3) is 10.2 Å². The minimum absolute atomic E-state index is 0.209. The fraction of sp³-hybridized carbons (Fsp3) is 0.500. The third-order valence-electron chi connectivity index (χ3n) is 2.63. The molecule has 0 amide bonds. The number of fused-ring (bicyclic) bond motifs is 1. The highest BCUT2D eigenvalue weighted by molar-refractivity contribution is 7.18. The fourth-order valence-electron chi connectivity index (χ4n) is 1.72. The second-order valence-corrected chi connectivity index (χ2v) is 5.57.